The molecule has 0 N–H and O–H groups in total. The number of amides is 1. The Bertz CT molecular complexity index is 853. The molecule has 3 rings (SSSR count). The number of carbonyl (C=O) groups excluding carboxylic acids is 1. The molecule has 0 spiro atoms. The van der Waals surface area contributed by atoms with Crippen molar-refractivity contribution in [3.8, 4) is 17.1 Å². The van der Waals surface area contributed by atoms with E-state index in [1.165, 1.54) is 13.3 Å². The summed E-state index contributed by atoms with van der Waals surface area (Å²) in [6, 6.07) is 7.01. The van der Waals surface area contributed by atoms with Crippen LogP contribution in [0.4, 0.5) is 0 Å². The third-order valence-corrected chi connectivity index (χ3v) is 5.48. The lowest BCUT2D eigenvalue weighted by atomic mass is 10.1. The fourth-order valence-corrected chi connectivity index (χ4v) is 3.77. The molecule has 126 valence electrons. The minimum absolute atomic E-state index is 0.0103. The maximum atomic E-state index is 12.6. The lowest BCUT2D eigenvalue weighted by molar-refractivity contribution is 0.0770. The molecule has 1 aromatic carbocycles. The van der Waals surface area contributed by atoms with Crippen LogP contribution in [0.1, 0.15) is 10.4 Å². The predicted molar refractivity (Wildman–Crippen MR) is 88.6 cm³/mol. The summed E-state index contributed by atoms with van der Waals surface area (Å²) in [5.74, 6) is 0.216. The summed E-state index contributed by atoms with van der Waals surface area (Å²) >= 11 is 0. The molecule has 8 heteroatoms. The zero-order chi connectivity index (χ0) is 17.2. The molecule has 0 aliphatic carbocycles. The number of hydrogen-bond acceptors (Lipinski definition) is 6. The summed E-state index contributed by atoms with van der Waals surface area (Å²) in [6.45, 7) is 0.444. The summed E-state index contributed by atoms with van der Waals surface area (Å²) in [6.07, 6.45) is 3.09. The Hall–Kier alpha value is -2.48. The van der Waals surface area contributed by atoms with E-state index in [1.807, 2.05) is 6.07 Å². The van der Waals surface area contributed by atoms with Gasteiger partial charge in [0.25, 0.3) is 5.91 Å². The van der Waals surface area contributed by atoms with Gasteiger partial charge >= 0.3 is 0 Å². The van der Waals surface area contributed by atoms with Crippen LogP contribution in [0, 0.1) is 0 Å². The lowest BCUT2D eigenvalue weighted by Gasteiger charge is -2.26. The highest BCUT2D eigenvalue weighted by molar-refractivity contribution is 7.91. The van der Waals surface area contributed by atoms with Crippen LogP contribution >= 0.6 is 0 Å². The van der Waals surface area contributed by atoms with Gasteiger partial charge in [0.15, 0.2) is 9.84 Å². The number of rotatable bonds is 3. The Morgan fingerprint density at radius 2 is 1.88 bits per heavy atom. The van der Waals surface area contributed by atoms with Crippen LogP contribution in [0.15, 0.2) is 36.7 Å². The first kappa shape index (κ1) is 16.4. The van der Waals surface area contributed by atoms with E-state index >= 15 is 0 Å². The van der Waals surface area contributed by atoms with Crippen LogP contribution in [0.25, 0.3) is 11.3 Å². The average Bonchev–Trinajstić information content (AvgIpc) is 2.61. The number of hydrogen-bond donors (Lipinski definition) is 0. The van der Waals surface area contributed by atoms with Gasteiger partial charge in [0.1, 0.15) is 5.69 Å². The lowest BCUT2D eigenvalue weighted by Crippen LogP contribution is -2.43. The molecule has 0 unspecified atom stereocenters. The monoisotopic (exact) mass is 347 g/mol. The molecular weight excluding hydrogens is 330 g/mol. The molecule has 2 aromatic rings. The molecule has 2 heterocycles. The minimum atomic E-state index is -3.02. The highest BCUT2D eigenvalue weighted by Crippen LogP contribution is 2.26. The second kappa shape index (κ2) is 6.56. The van der Waals surface area contributed by atoms with Gasteiger partial charge in [-0.15, -0.1) is 0 Å². The highest BCUT2D eigenvalue weighted by Gasteiger charge is 2.26. The van der Waals surface area contributed by atoms with Gasteiger partial charge in [0.05, 0.1) is 18.6 Å². The molecular formula is C16H17N3O4S. The van der Waals surface area contributed by atoms with Crippen molar-refractivity contribution in [3.63, 3.8) is 0 Å². The van der Waals surface area contributed by atoms with Gasteiger partial charge in [-0.1, -0.05) is 12.1 Å². The molecule has 1 fully saturated rings. The number of methoxy groups -OCH3 is 1. The maximum absolute atomic E-state index is 12.6. The van der Waals surface area contributed by atoms with Gasteiger partial charge in [-0.2, -0.15) is 0 Å². The number of carbonyl (C=O) groups is 1. The van der Waals surface area contributed by atoms with Crippen molar-refractivity contribution in [1.29, 1.82) is 0 Å². The topological polar surface area (TPSA) is 89.5 Å². The van der Waals surface area contributed by atoms with E-state index in [9.17, 15) is 13.2 Å². The molecule has 0 bridgehead atoms. The van der Waals surface area contributed by atoms with Gasteiger partial charge in [-0.05, 0) is 12.1 Å². The third-order valence-electron chi connectivity index (χ3n) is 3.87. The number of benzene rings is 1. The van der Waals surface area contributed by atoms with Crippen molar-refractivity contribution < 1.29 is 17.9 Å². The molecule has 7 nitrogen and oxygen atoms in total. The smallest absolute Gasteiger partial charge is 0.253 e. The van der Waals surface area contributed by atoms with Crippen LogP contribution in [0.2, 0.25) is 0 Å². The van der Waals surface area contributed by atoms with Crippen LogP contribution < -0.4 is 4.74 Å². The maximum Gasteiger partial charge on any atom is 0.253 e. The van der Waals surface area contributed by atoms with E-state index in [1.54, 1.807) is 29.3 Å². The van der Waals surface area contributed by atoms with E-state index in [4.69, 9.17) is 4.74 Å². The van der Waals surface area contributed by atoms with Crippen LogP contribution in [-0.4, -0.2) is 60.9 Å². The highest BCUT2D eigenvalue weighted by atomic mass is 32.2. The van der Waals surface area contributed by atoms with Crippen LogP contribution in [0.3, 0.4) is 0 Å². The zero-order valence-electron chi connectivity index (χ0n) is 13.2. The Balaban J connectivity index is 1.87. The second-order valence-electron chi connectivity index (χ2n) is 5.44. The minimum Gasteiger partial charge on any atom is -0.479 e. The van der Waals surface area contributed by atoms with E-state index in [0.29, 0.717) is 17.1 Å². The van der Waals surface area contributed by atoms with Crippen molar-refractivity contribution in [2.45, 2.75) is 0 Å². The standard InChI is InChI=1S/C16H17N3O4S/c1-23-15-14(17-5-6-18-15)12-3-2-4-13(11-12)16(20)19-7-9-24(21,22)10-8-19/h2-6,11H,7-10H2,1H3. The molecule has 1 aliphatic heterocycles. The normalized spacial score (nSPS) is 16.6. The Morgan fingerprint density at radius 3 is 2.58 bits per heavy atom. The van der Waals surface area contributed by atoms with Crippen molar-refractivity contribution in [3.05, 3.63) is 42.2 Å². The average molecular weight is 347 g/mol. The van der Waals surface area contributed by atoms with Crippen LogP contribution in [0.5, 0.6) is 5.88 Å². The Morgan fingerprint density at radius 1 is 1.17 bits per heavy atom. The summed E-state index contributed by atoms with van der Waals surface area (Å²) in [4.78, 5) is 22.5. The van der Waals surface area contributed by atoms with Gasteiger partial charge in [-0.25, -0.2) is 18.4 Å². The van der Waals surface area contributed by atoms with Crippen molar-refractivity contribution in [2.24, 2.45) is 0 Å². The number of aromatic nitrogens is 2. The molecule has 0 atom stereocenters. The van der Waals surface area contributed by atoms with E-state index in [0.717, 1.165) is 5.56 Å². The van der Waals surface area contributed by atoms with E-state index in [2.05, 4.69) is 9.97 Å². The van der Waals surface area contributed by atoms with Crippen molar-refractivity contribution in [2.75, 3.05) is 31.7 Å². The van der Waals surface area contributed by atoms with Crippen LogP contribution in [-0.2, 0) is 9.84 Å². The molecule has 0 saturated carbocycles. The quantitative estimate of drug-likeness (QED) is 0.824. The first-order chi connectivity index (χ1) is 11.5. The predicted octanol–water partition coefficient (Wildman–Crippen LogP) is 1.02. The number of sulfone groups is 1. The Kier molecular flexibility index (Phi) is 4.48. The Labute approximate surface area is 140 Å². The molecule has 1 amide bonds. The fourth-order valence-electron chi connectivity index (χ4n) is 2.57. The van der Waals surface area contributed by atoms with Gasteiger partial charge in [0.2, 0.25) is 5.88 Å². The molecule has 0 radical (unpaired) electrons. The molecule has 1 aliphatic rings. The number of ether oxygens (including phenoxy) is 1. The van der Waals surface area contributed by atoms with E-state index < -0.39 is 9.84 Å². The van der Waals surface area contributed by atoms with Crippen molar-refractivity contribution >= 4 is 15.7 Å². The van der Waals surface area contributed by atoms with Gasteiger partial charge in [0, 0.05) is 36.6 Å². The summed E-state index contributed by atoms with van der Waals surface area (Å²) in [7, 11) is -1.51. The largest absolute Gasteiger partial charge is 0.479 e. The van der Waals surface area contributed by atoms with E-state index in [-0.39, 0.29) is 30.5 Å². The summed E-state index contributed by atoms with van der Waals surface area (Å²) in [5, 5.41) is 0. The molecule has 24 heavy (non-hydrogen) atoms. The first-order valence-electron chi connectivity index (χ1n) is 7.45. The second-order valence-corrected chi connectivity index (χ2v) is 7.74. The van der Waals surface area contributed by atoms with Crippen molar-refractivity contribution in [1.82, 2.24) is 14.9 Å². The first-order valence-corrected chi connectivity index (χ1v) is 9.27. The third kappa shape index (κ3) is 3.38. The SMILES string of the molecule is COc1nccnc1-c1cccc(C(=O)N2CCS(=O)(=O)CC2)c1. The summed E-state index contributed by atoms with van der Waals surface area (Å²) < 4.78 is 28.2. The van der Waals surface area contributed by atoms with Gasteiger partial charge < -0.3 is 9.64 Å². The molecule has 1 aromatic heterocycles. The fraction of sp³-hybridized carbons (Fsp3) is 0.312. The number of nitrogens with zero attached hydrogens (tertiary/aromatic N) is 3. The zero-order valence-corrected chi connectivity index (χ0v) is 14.0. The summed E-state index contributed by atoms with van der Waals surface area (Å²) in [5.41, 5.74) is 1.76. The molecule has 1 saturated heterocycles. The van der Waals surface area contributed by atoms with Gasteiger partial charge in [-0.3, -0.25) is 4.79 Å².